The van der Waals surface area contributed by atoms with E-state index in [9.17, 15) is 9.59 Å². The molecule has 0 N–H and O–H groups in total. The Kier molecular flexibility index (Phi) is 8.03. The Labute approximate surface area is 155 Å². The van der Waals surface area contributed by atoms with E-state index in [1.54, 1.807) is 12.1 Å². The summed E-state index contributed by atoms with van der Waals surface area (Å²) in [7, 11) is 0. The molecule has 0 aliphatic rings. The van der Waals surface area contributed by atoms with Gasteiger partial charge in [-0.15, -0.1) is 0 Å². The van der Waals surface area contributed by atoms with Gasteiger partial charge >= 0.3 is 5.97 Å². The molecular weight excluding hydrogens is 326 g/mol. The van der Waals surface area contributed by atoms with Crippen LogP contribution in [0.5, 0.6) is 0 Å². The smallest absolute Gasteiger partial charge is 0.306 e. The van der Waals surface area contributed by atoms with Crippen molar-refractivity contribution in [1.29, 1.82) is 0 Å². The molecule has 0 aromatic heterocycles. The van der Waals surface area contributed by atoms with Crippen LogP contribution in [-0.4, -0.2) is 29.7 Å². The lowest BCUT2D eigenvalue weighted by Crippen LogP contribution is -2.22. The number of carbonyl (C=O) groups is 2. The lowest BCUT2D eigenvalue weighted by molar-refractivity contribution is -0.144. The molecule has 0 bridgehead atoms. The molecule has 4 nitrogen and oxygen atoms in total. The van der Waals surface area contributed by atoms with Crippen LogP contribution < -0.4 is 0 Å². The standard InChI is InChI=1S/C22H27NO3/c1-3-23(4-2)16-18-10-12-19(13-11-18)17-26-22(25)15-14-21(24)20-8-6-5-7-9-20/h5-13H,3-4,14-17H2,1-2H3. The van der Waals surface area contributed by atoms with Gasteiger partial charge in [0.05, 0.1) is 6.42 Å². The molecule has 0 fully saturated rings. The molecule has 0 aliphatic carbocycles. The minimum absolute atomic E-state index is 0.0386. The third-order valence-corrected chi connectivity index (χ3v) is 4.38. The highest BCUT2D eigenvalue weighted by Crippen LogP contribution is 2.10. The van der Waals surface area contributed by atoms with Crippen molar-refractivity contribution in [3.8, 4) is 0 Å². The van der Waals surface area contributed by atoms with Gasteiger partial charge in [-0.05, 0) is 24.2 Å². The van der Waals surface area contributed by atoms with Crippen LogP contribution in [0.25, 0.3) is 0 Å². The molecule has 2 aromatic carbocycles. The van der Waals surface area contributed by atoms with Gasteiger partial charge in [0.25, 0.3) is 0 Å². The Bertz CT molecular complexity index is 691. The summed E-state index contributed by atoms with van der Waals surface area (Å²) >= 11 is 0. The van der Waals surface area contributed by atoms with Crippen LogP contribution in [0.15, 0.2) is 54.6 Å². The number of nitrogens with zero attached hydrogens (tertiary/aromatic N) is 1. The Morgan fingerprint density at radius 2 is 1.46 bits per heavy atom. The summed E-state index contributed by atoms with van der Waals surface area (Å²) in [5, 5.41) is 0. The Hall–Kier alpha value is -2.46. The number of ether oxygens (including phenoxy) is 1. The molecule has 0 unspecified atom stereocenters. The zero-order chi connectivity index (χ0) is 18.8. The van der Waals surface area contributed by atoms with Crippen LogP contribution in [0, 0.1) is 0 Å². The third-order valence-electron chi connectivity index (χ3n) is 4.38. The minimum Gasteiger partial charge on any atom is -0.461 e. The topological polar surface area (TPSA) is 46.6 Å². The van der Waals surface area contributed by atoms with Gasteiger partial charge in [0.2, 0.25) is 0 Å². The van der Waals surface area contributed by atoms with E-state index in [0.717, 1.165) is 25.2 Å². The van der Waals surface area contributed by atoms with Gasteiger partial charge < -0.3 is 4.74 Å². The Morgan fingerprint density at radius 3 is 2.08 bits per heavy atom. The van der Waals surface area contributed by atoms with Gasteiger partial charge in [0.1, 0.15) is 6.61 Å². The predicted molar refractivity (Wildman–Crippen MR) is 103 cm³/mol. The Balaban J connectivity index is 1.74. The summed E-state index contributed by atoms with van der Waals surface area (Å²) in [4.78, 5) is 26.2. The van der Waals surface area contributed by atoms with Crippen LogP contribution in [0.4, 0.5) is 0 Å². The molecule has 0 saturated heterocycles. The van der Waals surface area contributed by atoms with E-state index in [1.165, 1.54) is 5.56 Å². The van der Waals surface area contributed by atoms with E-state index in [0.29, 0.717) is 5.56 Å². The monoisotopic (exact) mass is 353 g/mol. The van der Waals surface area contributed by atoms with Crippen molar-refractivity contribution >= 4 is 11.8 Å². The predicted octanol–water partition coefficient (Wildman–Crippen LogP) is 4.23. The number of esters is 1. The molecule has 4 heteroatoms. The zero-order valence-corrected chi connectivity index (χ0v) is 15.6. The zero-order valence-electron chi connectivity index (χ0n) is 15.6. The highest BCUT2D eigenvalue weighted by Gasteiger charge is 2.10. The van der Waals surface area contributed by atoms with Gasteiger partial charge in [-0.3, -0.25) is 14.5 Å². The van der Waals surface area contributed by atoms with E-state index in [-0.39, 0.29) is 31.2 Å². The molecular formula is C22H27NO3. The molecule has 138 valence electrons. The molecule has 0 atom stereocenters. The van der Waals surface area contributed by atoms with Crippen molar-refractivity contribution < 1.29 is 14.3 Å². The van der Waals surface area contributed by atoms with E-state index in [4.69, 9.17) is 4.74 Å². The van der Waals surface area contributed by atoms with Crippen molar-refractivity contribution in [1.82, 2.24) is 4.90 Å². The van der Waals surface area contributed by atoms with Crippen molar-refractivity contribution in [3.05, 3.63) is 71.3 Å². The molecule has 2 aromatic rings. The largest absolute Gasteiger partial charge is 0.461 e. The van der Waals surface area contributed by atoms with Crippen LogP contribution in [0.2, 0.25) is 0 Å². The van der Waals surface area contributed by atoms with Gasteiger partial charge in [0.15, 0.2) is 5.78 Å². The average molecular weight is 353 g/mol. The van der Waals surface area contributed by atoms with Crippen molar-refractivity contribution in [2.45, 2.75) is 39.8 Å². The van der Waals surface area contributed by atoms with E-state index in [1.807, 2.05) is 30.3 Å². The molecule has 2 rings (SSSR count). The quantitative estimate of drug-likeness (QED) is 0.474. The number of hydrogen-bond acceptors (Lipinski definition) is 4. The number of rotatable bonds is 10. The first-order valence-electron chi connectivity index (χ1n) is 9.16. The van der Waals surface area contributed by atoms with Gasteiger partial charge in [-0.25, -0.2) is 0 Å². The number of ketones is 1. The van der Waals surface area contributed by atoms with E-state index < -0.39 is 0 Å². The summed E-state index contributed by atoms with van der Waals surface area (Å²) in [6.07, 6.45) is 0.277. The molecule has 0 saturated carbocycles. The average Bonchev–Trinajstić information content (AvgIpc) is 2.70. The number of hydrogen-bond donors (Lipinski definition) is 0. The van der Waals surface area contributed by atoms with Crippen LogP contribution in [0.3, 0.4) is 0 Å². The molecule has 0 radical (unpaired) electrons. The fourth-order valence-corrected chi connectivity index (χ4v) is 2.67. The second-order valence-corrected chi connectivity index (χ2v) is 6.23. The first-order chi connectivity index (χ1) is 12.6. The maximum absolute atomic E-state index is 12.0. The van der Waals surface area contributed by atoms with Gasteiger partial charge in [0, 0.05) is 18.5 Å². The first-order valence-corrected chi connectivity index (χ1v) is 9.16. The van der Waals surface area contributed by atoms with Crippen molar-refractivity contribution in [3.63, 3.8) is 0 Å². The van der Waals surface area contributed by atoms with Crippen molar-refractivity contribution in [2.24, 2.45) is 0 Å². The molecule has 26 heavy (non-hydrogen) atoms. The SMILES string of the molecule is CCN(CC)Cc1ccc(COC(=O)CCC(=O)c2ccccc2)cc1. The molecule has 0 heterocycles. The highest BCUT2D eigenvalue weighted by molar-refractivity contribution is 5.97. The van der Waals surface area contributed by atoms with Crippen LogP contribution >= 0.6 is 0 Å². The lowest BCUT2D eigenvalue weighted by Gasteiger charge is -2.18. The summed E-state index contributed by atoms with van der Waals surface area (Å²) < 4.78 is 5.28. The lowest BCUT2D eigenvalue weighted by atomic mass is 10.1. The van der Waals surface area contributed by atoms with Crippen LogP contribution in [-0.2, 0) is 22.7 Å². The fraction of sp³-hybridized carbons (Fsp3) is 0.364. The van der Waals surface area contributed by atoms with E-state index >= 15 is 0 Å². The normalized spacial score (nSPS) is 10.7. The maximum Gasteiger partial charge on any atom is 0.306 e. The van der Waals surface area contributed by atoms with Gasteiger partial charge in [-0.2, -0.15) is 0 Å². The van der Waals surface area contributed by atoms with Crippen molar-refractivity contribution in [2.75, 3.05) is 13.1 Å². The van der Waals surface area contributed by atoms with Gasteiger partial charge in [-0.1, -0.05) is 68.4 Å². The number of carbonyl (C=O) groups excluding carboxylic acids is 2. The molecule has 0 aliphatic heterocycles. The van der Waals surface area contributed by atoms with E-state index in [2.05, 4.69) is 30.9 Å². The minimum atomic E-state index is -0.346. The molecule has 0 amide bonds. The third kappa shape index (κ3) is 6.45. The first kappa shape index (κ1) is 19.9. The second kappa shape index (κ2) is 10.5. The summed E-state index contributed by atoms with van der Waals surface area (Å²) in [6.45, 7) is 7.52. The number of benzene rings is 2. The Morgan fingerprint density at radius 1 is 0.846 bits per heavy atom. The summed E-state index contributed by atoms with van der Waals surface area (Å²) in [5.41, 5.74) is 2.83. The summed E-state index contributed by atoms with van der Waals surface area (Å²) in [6, 6.07) is 17.1. The number of Topliss-reactive ketones (excluding diaryl/α,β-unsaturated/α-hetero) is 1. The van der Waals surface area contributed by atoms with Crippen LogP contribution in [0.1, 0.15) is 48.2 Å². The fourth-order valence-electron chi connectivity index (χ4n) is 2.67. The summed E-state index contributed by atoms with van der Waals surface area (Å²) in [5.74, 6) is -0.384. The second-order valence-electron chi connectivity index (χ2n) is 6.23. The maximum atomic E-state index is 12.0. The highest BCUT2D eigenvalue weighted by atomic mass is 16.5. The molecule has 0 spiro atoms.